The summed E-state index contributed by atoms with van der Waals surface area (Å²) in [5.74, 6) is 0.167. The van der Waals surface area contributed by atoms with E-state index >= 15 is 0 Å². The number of carbonyl (C=O) groups is 2. The Balaban J connectivity index is 1.47. The molecule has 6 nitrogen and oxygen atoms in total. The topological polar surface area (TPSA) is 84.2 Å². The molecule has 1 aromatic heterocycles. The van der Waals surface area contributed by atoms with Gasteiger partial charge < -0.3 is 15.1 Å². The number of benzene rings is 3. The van der Waals surface area contributed by atoms with Gasteiger partial charge >= 0.3 is 0 Å². The molecule has 4 aromatic rings. The quantitative estimate of drug-likeness (QED) is 0.447. The van der Waals surface area contributed by atoms with Crippen LogP contribution >= 0.6 is 0 Å². The lowest BCUT2D eigenvalue weighted by molar-refractivity contribution is -0.123. The van der Waals surface area contributed by atoms with Crippen molar-refractivity contribution in [3.63, 3.8) is 0 Å². The van der Waals surface area contributed by atoms with Gasteiger partial charge in [0.15, 0.2) is 5.58 Å². The van der Waals surface area contributed by atoms with Crippen LogP contribution in [-0.2, 0) is 4.79 Å². The van der Waals surface area contributed by atoms with Crippen molar-refractivity contribution in [1.29, 1.82) is 0 Å². The molecule has 0 atom stereocenters. The van der Waals surface area contributed by atoms with Crippen LogP contribution in [0.5, 0.6) is 0 Å². The average Bonchev–Trinajstić information content (AvgIpc) is 3.18. The Morgan fingerprint density at radius 1 is 0.839 bits per heavy atom. The molecule has 0 saturated carbocycles. The second kappa shape index (κ2) is 8.07. The molecule has 2 N–H and O–H groups in total. The maximum atomic E-state index is 12.7. The SMILES string of the molecule is CC(C)(C)C(=O)Nc1ccc(C(=O)Nc2cccc(-c3nc4ccccc4o3)c2)cc1. The number of aromatic nitrogens is 1. The van der Waals surface area contributed by atoms with E-state index < -0.39 is 5.41 Å². The average molecular weight is 413 g/mol. The number of para-hydroxylation sites is 2. The molecule has 1 heterocycles. The van der Waals surface area contributed by atoms with Gasteiger partial charge in [0.05, 0.1) is 0 Å². The Bertz CT molecular complexity index is 1220. The molecule has 0 fully saturated rings. The molecule has 31 heavy (non-hydrogen) atoms. The third-order valence-corrected chi connectivity index (χ3v) is 4.75. The van der Waals surface area contributed by atoms with Gasteiger partial charge in [-0.05, 0) is 54.6 Å². The normalized spacial score (nSPS) is 11.3. The van der Waals surface area contributed by atoms with E-state index in [-0.39, 0.29) is 11.8 Å². The molecule has 0 aliphatic rings. The number of carbonyl (C=O) groups excluding carboxylic acids is 2. The van der Waals surface area contributed by atoms with Gasteiger partial charge in [-0.3, -0.25) is 9.59 Å². The Morgan fingerprint density at radius 2 is 1.58 bits per heavy atom. The van der Waals surface area contributed by atoms with E-state index in [1.165, 1.54) is 0 Å². The van der Waals surface area contributed by atoms with Gasteiger partial charge in [0.2, 0.25) is 11.8 Å². The van der Waals surface area contributed by atoms with Crippen LogP contribution in [0.1, 0.15) is 31.1 Å². The molecule has 0 spiro atoms. The molecule has 0 aliphatic carbocycles. The first-order valence-corrected chi connectivity index (χ1v) is 9.98. The van der Waals surface area contributed by atoms with Gasteiger partial charge in [-0.2, -0.15) is 0 Å². The van der Waals surface area contributed by atoms with Crippen LogP contribution in [0.3, 0.4) is 0 Å². The van der Waals surface area contributed by atoms with Crippen molar-refractivity contribution in [2.45, 2.75) is 20.8 Å². The first-order chi connectivity index (χ1) is 14.8. The number of anilines is 2. The zero-order valence-corrected chi connectivity index (χ0v) is 17.6. The molecule has 0 saturated heterocycles. The van der Waals surface area contributed by atoms with E-state index in [1.807, 2.05) is 69.3 Å². The molecular weight excluding hydrogens is 390 g/mol. The molecule has 6 heteroatoms. The van der Waals surface area contributed by atoms with Crippen LogP contribution in [0.15, 0.2) is 77.2 Å². The molecule has 0 radical (unpaired) electrons. The van der Waals surface area contributed by atoms with E-state index in [4.69, 9.17) is 4.42 Å². The minimum absolute atomic E-state index is 0.0827. The molecule has 0 aliphatic heterocycles. The van der Waals surface area contributed by atoms with Crippen LogP contribution in [0.25, 0.3) is 22.6 Å². The maximum absolute atomic E-state index is 12.7. The number of amides is 2. The zero-order valence-electron chi connectivity index (χ0n) is 17.6. The molecule has 0 bridgehead atoms. The largest absolute Gasteiger partial charge is 0.436 e. The van der Waals surface area contributed by atoms with Crippen molar-refractivity contribution in [3.05, 3.63) is 78.4 Å². The maximum Gasteiger partial charge on any atom is 0.255 e. The summed E-state index contributed by atoms with van der Waals surface area (Å²) in [4.78, 5) is 29.3. The van der Waals surface area contributed by atoms with Crippen molar-refractivity contribution in [3.8, 4) is 11.5 Å². The van der Waals surface area contributed by atoms with Gasteiger partial charge in [0.1, 0.15) is 5.52 Å². The van der Waals surface area contributed by atoms with Crippen LogP contribution in [0.4, 0.5) is 11.4 Å². The summed E-state index contributed by atoms with van der Waals surface area (Å²) in [6.45, 7) is 5.54. The van der Waals surface area contributed by atoms with Crippen LogP contribution < -0.4 is 10.6 Å². The third kappa shape index (κ3) is 4.64. The zero-order chi connectivity index (χ0) is 22.0. The summed E-state index contributed by atoms with van der Waals surface area (Å²) in [6, 6.07) is 21.7. The van der Waals surface area contributed by atoms with Gasteiger partial charge in [0.25, 0.3) is 5.91 Å². The van der Waals surface area contributed by atoms with Crippen molar-refractivity contribution in [2.24, 2.45) is 5.41 Å². The number of rotatable bonds is 4. The van der Waals surface area contributed by atoms with E-state index in [0.717, 1.165) is 11.1 Å². The minimum Gasteiger partial charge on any atom is -0.436 e. The predicted octanol–water partition coefficient (Wildman–Crippen LogP) is 5.73. The Labute approximate surface area is 180 Å². The number of oxazole rings is 1. The summed E-state index contributed by atoms with van der Waals surface area (Å²) >= 11 is 0. The lowest BCUT2D eigenvalue weighted by atomic mass is 9.95. The van der Waals surface area contributed by atoms with E-state index in [1.54, 1.807) is 24.3 Å². The van der Waals surface area contributed by atoms with Gasteiger partial charge in [-0.1, -0.05) is 39.0 Å². The number of hydrogen-bond donors (Lipinski definition) is 2. The second-order valence-electron chi connectivity index (χ2n) is 8.30. The standard InChI is InChI=1S/C25H23N3O3/c1-25(2,3)24(30)27-18-13-11-16(12-14-18)22(29)26-19-8-6-7-17(15-19)23-28-20-9-4-5-10-21(20)31-23/h4-15H,1-3H3,(H,26,29)(H,27,30). The Hall–Kier alpha value is -3.93. The number of hydrogen-bond acceptors (Lipinski definition) is 4. The highest BCUT2D eigenvalue weighted by Crippen LogP contribution is 2.26. The summed E-state index contributed by atoms with van der Waals surface area (Å²) in [6.07, 6.45) is 0. The fourth-order valence-corrected chi connectivity index (χ4v) is 2.95. The highest BCUT2D eigenvalue weighted by molar-refractivity contribution is 6.05. The van der Waals surface area contributed by atoms with Gasteiger partial charge in [-0.15, -0.1) is 0 Å². The van der Waals surface area contributed by atoms with Gasteiger partial charge in [0, 0.05) is 27.9 Å². The predicted molar refractivity (Wildman–Crippen MR) is 122 cm³/mol. The minimum atomic E-state index is -0.490. The summed E-state index contributed by atoms with van der Waals surface area (Å²) in [5.41, 5.74) is 3.55. The van der Waals surface area contributed by atoms with E-state index in [9.17, 15) is 9.59 Å². The number of nitrogens with zero attached hydrogens (tertiary/aromatic N) is 1. The van der Waals surface area contributed by atoms with Crippen molar-refractivity contribution >= 4 is 34.3 Å². The second-order valence-corrected chi connectivity index (χ2v) is 8.30. The number of nitrogens with one attached hydrogen (secondary N) is 2. The first kappa shape index (κ1) is 20.3. The van der Waals surface area contributed by atoms with Crippen LogP contribution in [-0.4, -0.2) is 16.8 Å². The number of fused-ring (bicyclic) bond motifs is 1. The van der Waals surface area contributed by atoms with E-state index in [2.05, 4.69) is 15.6 Å². The fourth-order valence-electron chi connectivity index (χ4n) is 2.95. The van der Waals surface area contributed by atoms with Crippen molar-refractivity contribution in [1.82, 2.24) is 4.98 Å². The monoisotopic (exact) mass is 413 g/mol. The highest BCUT2D eigenvalue weighted by Gasteiger charge is 2.21. The first-order valence-electron chi connectivity index (χ1n) is 9.98. The molecular formula is C25H23N3O3. The smallest absolute Gasteiger partial charge is 0.255 e. The lowest BCUT2D eigenvalue weighted by Gasteiger charge is -2.17. The molecule has 2 amide bonds. The summed E-state index contributed by atoms with van der Waals surface area (Å²) in [5, 5.41) is 5.74. The van der Waals surface area contributed by atoms with Crippen molar-refractivity contribution in [2.75, 3.05) is 10.6 Å². The summed E-state index contributed by atoms with van der Waals surface area (Å²) in [7, 11) is 0. The lowest BCUT2D eigenvalue weighted by Crippen LogP contribution is -2.27. The van der Waals surface area contributed by atoms with E-state index in [0.29, 0.717) is 28.4 Å². The van der Waals surface area contributed by atoms with Crippen molar-refractivity contribution < 1.29 is 14.0 Å². The van der Waals surface area contributed by atoms with Crippen LogP contribution in [0.2, 0.25) is 0 Å². The Kier molecular flexibility index (Phi) is 5.29. The molecule has 0 unspecified atom stereocenters. The highest BCUT2D eigenvalue weighted by atomic mass is 16.3. The molecule has 3 aromatic carbocycles. The molecule has 4 rings (SSSR count). The fraction of sp³-hybridized carbons (Fsp3) is 0.160. The van der Waals surface area contributed by atoms with Gasteiger partial charge in [-0.25, -0.2) is 4.98 Å². The third-order valence-electron chi connectivity index (χ3n) is 4.75. The molecule has 156 valence electrons. The Morgan fingerprint density at radius 3 is 2.29 bits per heavy atom. The van der Waals surface area contributed by atoms with Crippen LogP contribution in [0, 0.1) is 5.41 Å². The summed E-state index contributed by atoms with van der Waals surface area (Å²) < 4.78 is 5.81.